The summed E-state index contributed by atoms with van der Waals surface area (Å²) in [7, 11) is 2.12. The van der Waals surface area contributed by atoms with Gasteiger partial charge in [0.1, 0.15) is 16.4 Å². The van der Waals surface area contributed by atoms with Crippen LogP contribution in [0.3, 0.4) is 0 Å². The highest BCUT2D eigenvalue weighted by Gasteiger charge is 2.17. The van der Waals surface area contributed by atoms with Gasteiger partial charge in [-0.05, 0) is 38.2 Å². The van der Waals surface area contributed by atoms with E-state index in [1.165, 1.54) is 4.70 Å². The molecule has 3 nitrogen and oxygen atoms in total. The zero-order chi connectivity index (χ0) is 15.8. The van der Waals surface area contributed by atoms with Crippen LogP contribution in [0.2, 0.25) is 0 Å². The second-order valence-corrected chi connectivity index (χ2v) is 6.97. The Morgan fingerprint density at radius 2 is 1.91 bits per heavy atom. The van der Waals surface area contributed by atoms with E-state index in [1.54, 1.807) is 11.3 Å². The number of fused-ring (bicyclic) bond motifs is 2. The number of aromatic nitrogens is 1. The third kappa shape index (κ3) is 2.76. The maximum absolute atomic E-state index is 5.99. The molecule has 0 bridgehead atoms. The van der Waals surface area contributed by atoms with Crippen LogP contribution in [0.25, 0.3) is 21.2 Å². The highest BCUT2D eigenvalue weighted by atomic mass is 32.1. The van der Waals surface area contributed by atoms with Crippen molar-refractivity contribution in [3.63, 3.8) is 0 Å². The second kappa shape index (κ2) is 5.80. The Morgan fingerprint density at radius 1 is 1.13 bits per heavy atom. The third-order valence-corrected chi connectivity index (χ3v) is 5.26. The van der Waals surface area contributed by atoms with E-state index in [-0.39, 0.29) is 6.04 Å². The van der Waals surface area contributed by atoms with Gasteiger partial charge in [0.25, 0.3) is 0 Å². The molecule has 4 aromatic rings. The normalized spacial score (nSPS) is 13.2. The van der Waals surface area contributed by atoms with Crippen molar-refractivity contribution >= 4 is 32.5 Å². The van der Waals surface area contributed by atoms with Gasteiger partial charge in [-0.15, -0.1) is 11.3 Å². The van der Waals surface area contributed by atoms with Gasteiger partial charge in [-0.1, -0.05) is 30.3 Å². The Morgan fingerprint density at radius 3 is 2.74 bits per heavy atom. The van der Waals surface area contributed by atoms with E-state index in [0.29, 0.717) is 0 Å². The first-order valence-electron chi connectivity index (χ1n) is 7.74. The molecule has 1 atom stereocenters. The van der Waals surface area contributed by atoms with E-state index >= 15 is 0 Å². The standard InChI is InChI=1S/C19H18N2OS/c1-13(17-11-14-7-3-5-9-16(14)22-17)21(2)12-19-20-15-8-4-6-10-18(15)23-19/h3-11,13H,12H2,1-2H3/t13-/m1/s1. The number of hydrogen-bond acceptors (Lipinski definition) is 4. The Labute approximate surface area is 139 Å². The monoisotopic (exact) mass is 322 g/mol. The first-order chi connectivity index (χ1) is 11.2. The molecule has 0 amide bonds. The number of thiazole rings is 1. The molecule has 0 N–H and O–H groups in total. The molecule has 2 aromatic heterocycles. The summed E-state index contributed by atoms with van der Waals surface area (Å²) < 4.78 is 7.23. The lowest BCUT2D eigenvalue weighted by Gasteiger charge is -2.21. The lowest BCUT2D eigenvalue weighted by atomic mass is 10.2. The molecule has 0 aliphatic carbocycles. The smallest absolute Gasteiger partial charge is 0.134 e. The van der Waals surface area contributed by atoms with E-state index < -0.39 is 0 Å². The summed E-state index contributed by atoms with van der Waals surface area (Å²) in [6, 6.07) is 18.8. The molecular formula is C19H18N2OS. The van der Waals surface area contributed by atoms with Crippen molar-refractivity contribution in [2.75, 3.05) is 7.05 Å². The minimum atomic E-state index is 0.203. The largest absolute Gasteiger partial charge is 0.459 e. The molecular weight excluding hydrogens is 304 g/mol. The minimum absolute atomic E-state index is 0.203. The fourth-order valence-electron chi connectivity index (χ4n) is 2.76. The predicted molar refractivity (Wildman–Crippen MR) is 95.7 cm³/mol. The van der Waals surface area contributed by atoms with E-state index in [1.807, 2.05) is 24.3 Å². The van der Waals surface area contributed by atoms with Crippen molar-refractivity contribution < 1.29 is 4.42 Å². The van der Waals surface area contributed by atoms with E-state index in [4.69, 9.17) is 9.40 Å². The lowest BCUT2D eigenvalue weighted by Crippen LogP contribution is -2.21. The summed E-state index contributed by atoms with van der Waals surface area (Å²) in [6.45, 7) is 2.99. The number of nitrogens with zero attached hydrogens (tertiary/aromatic N) is 2. The van der Waals surface area contributed by atoms with E-state index in [2.05, 4.69) is 49.2 Å². The van der Waals surface area contributed by atoms with Gasteiger partial charge in [0.15, 0.2) is 0 Å². The topological polar surface area (TPSA) is 29.3 Å². The average molecular weight is 322 g/mol. The van der Waals surface area contributed by atoms with Crippen LogP contribution in [-0.4, -0.2) is 16.9 Å². The number of furan rings is 1. The van der Waals surface area contributed by atoms with E-state index in [0.717, 1.165) is 33.8 Å². The minimum Gasteiger partial charge on any atom is -0.459 e. The SMILES string of the molecule is C[C@H](c1cc2ccccc2o1)N(C)Cc1nc2ccccc2s1. The Balaban J connectivity index is 1.56. The molecule has 2 aromatic carbocycles. The second-order valence-electron chi connectivity index (χ2n) is 5.85. The zero-order valence-electron chi connectivity index (χ0n) is 13.2. The van der Waals surface area contributed by atoms with Crippen LogP contribution in [0.1, 0.15) is 23.7 Å². The zero-order valence-corrected chi connectivity index (χ0v) is 14.0. The average Bonchev–Trinajstić information content (AvgIpc) is 3.16. The quantitative estimate of drug-likeness (QED) is 0.515. The van der Waals surface area contributed by atoms with Gasteiger partial charge in [0.2, 0.25) is 0 Å². The maximum Gasteiger partial charge on any atom is 0.134 e. The first-order valence-corrected chi connectivity index (χ1v) is 8.55. The molecule has 0 saturated heterocycles. The number of hydrogen-bond donors (Lipinski definition) is 0. The molecule has 0 fully saturated rings. The number of para-hydroxylation sites is 2. The summed E-state index contributed by atoms with van der Waals surface area (Å²) in [5.41, 5.74) is 2.03. The van der Waals surface area contributed by atoms with Crippen LogP contribution in [0.15, 0.2) is 59.0 Å². The molecule has 116 valence electrons. The molecule has 23 heavy (non-hydrogen) atoms. The van der Waals surface area contributed by atoms with Gasteiger partial charge < -0.3 is 4.42 Å². The summed E-state index contributed by atoms with van der Waals surface area (Å²) in [5.74, 6) is 0.995. The Kier molecular flexibility index (Phi) is 3.63. The van der Waals surface area contributed by atoms with Crippen LogP contribution in [0.4, 0.5) is 0 Å². The number of benzene rings is 2. The van der Waals surface area contributed by atoms with Crippen molar-refractivity contribution in [2.24, 2.45) is 0 Å². The highest BCUT2D eigenvalue weighted by molar-refractivity contribution is 7.18. The molecule has 0 saturated carbocycles. The molecule has 0 unspecified atom stereocenters. The van der Waals surface area contributed by atoms with Gasteiger partial charge in [0, 0.05) is 5.39 Å². The predicted octanol–water partition coefficient (Wildman–Crippen LogP) is 5.24. The van der Waals surface area contributed by atoms with Crippen LogP contribution in [0.5, 0.6) is 0 Å². The lowest BCUT2D eigenvalue weighted by molar-refractivity contribution is 0.226. The molecule has 4 heteroatoms. The molecule has 0 aliphatic rings. The summed E-state index contributed by atoms with van der Waals surface area (Å²) in [4.78, 5) is 6.99. The summed E-state index contributed by atoms with van der Waals surface area (Å²) >= 11 is 1.76. The van der Waals surface area contributed by atoms with Gasteiger partial charge in [-0.3, -0.25) is 4.90 Å². The number of rotatable bonds is 4. The fraction of sp³-hybridized carbons (Fsp3) is 0.211. The van der Waals surface area contributed by atoms with Crippen LogP contribution in [-0.2, 0) is 6.54 Å². The molecule has 0 spiro atoms. The van der Waals surface area contributed by atoms with E-state index in [9.17, 15) is 0 Å². The molecule has 0 radical (unpaired) electrons. The van der Waals surface area contributed by atoms with Crippen molar-refractivity contribution in [3.05, 3.63) is 65.4 Å². The highest BCUT2D eigenvalue weighted by Crippen LogP contribution is 2.29. The van der Waals surface area contributed by atoms with Crippen molar-refractivity contribution in [3.8, 4) is 0 Å². The van der Waals surface area contributed by atoms with Crippen LogP contribution >= 0.6 is 11.3 Å². The summed E-state index contributed by atoms with van der Waals surface area (Å²) in [5, 5.41) is 2.29. The van der Waals surface area contributed by atoms with Crippen molar-refractivity contribution in [1.82, 2.24) is 9.88 Å². The molecule has 2 heterocycles. The molecule has 4 rings (SSSR count). The van der Waals surface area contributed by atoms with Crippen molar-refractivity contribution in [2.45, 2.75) is 19.5 Å². The first kappa shape index (κ1) is 14.4. The Bertz CT molecular complexity index is 890. The molecule has 0 aliphatic heterocycles. The van der Waals surface area contributed by atoms with Gasteiger partial charge >= 0.3 is 0 Å². The van der Waals surface area contributed by atoms with Crippen LogP contribution < -0.4 is 0 Å². The van der Waals surface area contributed by atoms with Crippen molar-refractivity contribution in [1.29, 1.82) is 0 Å². The van der Waals surface area contributed by atoms with Crippen LogP contribution in [0, 0.1) is 0 Å². The Hall–Kier alpha value is -2.17. The third-order valence-electron chi connectivity index (χ3n) is 4.24. The van der Waals surface area contributed by atoms with Gasteiger partial charge in [0.05, 0.1) is 22.8 Å². The fourth-order valence-corrected chi connectivity index (χ4v) is 3.79. The summed E-state index contributed by atoms with van der Waals surface area (Å²) in [6.07, 6.45) is 0. The van der Waals surface area contributed by atoms with Gasteiger partial charge in [-0.25, -0.2) is 4.98 Å². The van der Waals surface area contributed by atoms with Gasteiger partial charge in [-0.2, -0.15) is 0 Å². The maximum atomic E-state index is 5.99.